The Morgan fingerprint density at radius 1 is 1.21 bits per heavy atom. The van der Waals surface area contributed by atoms with E-state index in [9.17, 15) is 13.2 Å². The Kier molecular flexibility index (Phi) is 4.76. The third-order valence-corrected chi connectivity index (χ3v) is 6.08. The minimum absolute atomic E-state index is 0.0208. The van der Waals surface area contributed by atoms with E-state index in [1.54, 1.807) is 17.0 Å². The zero-order chi connectivity index (χ0) is 17.2. The fraction of sp³-hybridized carbons (Fsp3) is 0.389. The molecule has 1 aromatic heterocycles. The lowest BCUT2D eigenvalue weighted by atomic mass is 10.1. The van der Waals surface area contributed by atoms with Gasteiger partial charge in [0.25, 0.3) is 5.91 Å². The molecule has 1 fully saturated rings. The second kappa shape index (κ2) is 6.81. The van der Waals surface area contributed by atoms with Crippen LogP contribution >= 0.6 is 0 Å². The minimum atomic E-state index is -3.07. The van der Waals surface area contributed by atoms with E-state index in [0.29, 0.717) is 19.4 Å². The average molecular weight is 347 g/mol. The maximum Gasteiger partial charge on any atom is 0.290 e. The predicted molar refractivity (Wildman–Crippen MR) is 91.5 cm³/mol. The van der Waals surface area contributed by atoms with Crippen molar-refractivity contribution in [3.8, 4) is 0 Å². The van der Waals surface area contributed by atoms with E-state index in [1.807, 2.05) is 37.3 Å². The molecular weight excluding hydrogens is 326 g/mol. The molecular formula is C18H21NO4S. The topological polar surface area (TPSA) is 67.6 Å². The number of sulfone groups is 1. The van der Waals surface area contributed by atoms with E-state index in [-0.39, 0.29) is 29.2 Å². The summed E-state index contributed by atoms with van der Waals surface area (Å²) in [5.74, 6) is 0.923. The monoisotopic (exact) mass is 347 g/mol. The first kappa shape index (κ1) is 16.8. The van der Waals surface area contributed by atoms with Crippen LogP contribution in [-0.2, 0) is 22.8 Å². The average Bonchev–Trinajstić information content (AvgIpc) is 3.19. The van der Waals surface area contributed by atoms with Crippen LogP contribution in [0.5, 0.6) is 0 Å². The van der Waals surface area contributed by atoms with Crippen molar-refractivity contribution in [1.29, 1.82) is 0 Å². The summed E-state index contributed by atoms with van der Waals surface area (Å²) < 4.78 is 29.3. The van der Waals surface area contributed by atoms with Crippen molar-refractivity contribution in [3.05, 3.63) is 59.5 Å². The van der Waals surface area contributed by atoms with Crippen LogP contribution in [0.1, 0.15) is 35.2 Å². The normalized spacial score (nSPS) is 19.3. The van der Waals surface area contributed by atoms with Gasteiger partial charge in [0.05, 0.1) is 11.5 Å². The predicted octanol–water partition coefficient (Wildman–Crippen LogP) is 2.67. The van der Waals surface area contributed by atoms with Gasteiger partial charge in [0, 0.05) is 19.0 Å². The first-order chi connectivity index (χ1) is 11.5. The van der Waals surface area contributed by atoms with Gasteiger partial charge >= 0.3 is 0 Å². The second-order valence-corrected chi connectivity index (χ2v) is 8.32. The van der Waals surface area contributed by atoms with E-state index in [4.69, 9.17) is 4.42 Å². The molecule has 2 heterocycles. The maximum atomic E-state index is 12.9. The quantitative estimate of drug-likeness (QED) is 0.834. The van der Waals surface area contributed by atoms with E-state index >= 15 is 0 Å². The van der Waals surface area contributed by atoms with Crippen molar-refractivity contribution in [3.63, 3.8) is 0 Å². The molecule has 0 bridgehead atoms. The van der Waals surface area contributed by atoms with Crippen LogP contribution < -0.4 is 0 Å². The molecule has 1 aromatic carbocycles. The highest BCUT2D eigenvalue weighted by atomic mass is 32.2. The third-order valence-electron chi connectivity index (χ3n) is 4.33. The molecule has 6 heteroatoms. The molecule has 0 spiro atoms. The molecule has 1 atom stereocenters. The summed E-state index contributed by atoms with van der Waals surface area (Å²) in [4.78, 5) is 14.6. The Morgan fingerprint density at radius 3 is 2.54 bits per heavy atom. The van der Waals surface area contributed by atoms with Gasteiger partial charge in [-0.05, 0) is 24.1 Å². The molecule has 0 unspecified atom stereocenters. The number of amides is 1. The molecule has 5 nitrogen and oxygen atoms in total. The Balaban J connectivity index is 1.87. The highest BCUT2D eigenvalue weighted by Gasteiger charge is 2.35. The highest BCUT2D eigenvalue weighted by Crippen LogP contribution is 2.23. The van der Waals surface area contributed by atoms with Gasteiger partial charge in [-0.25, -0.2) is 8.42 Å². The first-order valence-electron chi connectivity index (χ1n) is 8.12. The summed E-state index contributed by atoms with van der Waals surface area (Å²) in [5.41, 5.74) is 0.970. The molecule has 0 saturated carbocycles. The van der Waals surface area contributed by atoms with Gasteiger partial charge in [-0.2, -0.15) is 0 Å². The van der Waals surface area contributed by atoms with Crippen LogP contribution in [0.4, 0.5) is 0 Å². The summed E-state index contributed by atoms with van der Waals surface area (Å²) in [6, 6.07) is 12.7. The van der Waals surface area contributed by atoms with Crippen LogP contribution in [0, 0.1) is 0 Å². The van der Waals surface area contributed by atoms with E-state index in [1.165, 1.54) is 0 Å². The number of rotatable bonds is 5. The van der Waals surface area contributed by atoms with Gasteiger partial charge in [-0.15, -0.1) is 0 Å². The number of carbonyl (C=O) groups is 1. The zero-order valence-electron chi connectivity index (χ0n) is 13.6. The molecule has 3 rings (SSSR count). The molecule has 1 aliphatic heterocycles. The van der Waals surface area contributed by atoms with E-state index in [0.717, 1.165) is 11.3 Å². The molecule has 0 radical (unpaired) electrons. The zero-order valence-corrected chi connectivity index (χ0v) is 14.5. The Bertz CT molecular complexity index is 811. The van der Waals surface area contributed by atoms with Crippen molar-refractivity contribution in [2.75, 3.05) is 11.5 Å². The van der Waals surface area contributed by atoms with Gasteiger partial charge in [-0.3, -0.25) is 4.79 Å². The van der Waals surface area contributed by atoms with Crippen LogP contribution in [0.15, 0.2) is 46.9 Å². The van der Waals surface area contributed by atoms with Crippen molar-refractivity contribution < 1.29 is 17.6 Å². The number of furan rings is 1. The third kappa shape index (κ3) is 3.70. The number of hydrogen-bond donors (Lipinski definition) is 0. The molecule has 24 heavy (non-hydrogen) atoms. The van der Waals surface area contributed by atoms with Gasteiger partial charge < -0.3 is 9.32 Å². The number of carbonyl (C=O) groups excluding carboxylic acids is 1. The standard InChI is InChI=1S/C18H21NO4S/c1-2-16-8-9-17(23-16)18(20)19(12-14-6-4-3-5-7-14)15-10-11-24(21,22)13-15/h3-9,15H,2,10-13H2,1H3/t15-/m0/s1. The van der Waals surface area contributed by atoms with Gasteiger partial charge in [0.2, 0.25) is 0 Å². The van der Waals surface area contributed by atoms with Crippen LogP contribution in [-0.4, -0.2) is 36.8 Å². The summed E-state index contributed by atoms with van der Waals surface area (Å²) in [5, 5.41) is 0. The fourth-order valence-electron chi connectivity index (χ4n) is 2.99. The number of aryl methyl sites for hydroxylation is 1. The largest absolute Gasteiger partial charge is 0.456 e. The van der Waals surface area contributed by atoms with Crippen molar-refractivity contribution >= 4 is 15.7 Å². The van der Waals surface area contributed by atoms with E-state index in [2.05, 4.69) is 0 Å². The van der Waals surface area contributed by atoms with Crippen molar-refractivity contribution in [1.82, 2.24) is 4.90 Å². The molecule has 128 valence electrons. The van der Waals surface area contributed by atoms with E-state index < -0.39 is 9.84 Å². The molecule has 2 aromatic rings. The number of nitrogens with zero attached hydrogens (tertiary/aromatic N) is 1. The Hall–Kier alpha value is -2.08. The summed E-state index contributed by atoms with van der Waals surface area (Å²) >= 11 is 0. The molecule has 1 aliphatic rings. The van der Waals surface area contributed by atoms with Gasteiger partial charge in [-0.1, -0.05) is 37.3 Å². The molecule has 0 N–H and O–H groups in total. The fourth-order valence-corrected chi connectivity index (χ4v) is 4.72. The number of hydrogen-bond acceptors (Lipinski definition) is 4. The highest BCUT2D eigenvalue weighted by molar-refractivity contribution is 7.91. The van der Waals surface area contributed by atoms with Crippen molar-refractivity contribution in [2.24, 2.45) is 0 Å². The Labute approximate surface area is 142 Å². The van der Waals surface area contributed by atoms with Crippen LogP contribution in [0.3, 0.4) is 0 Å². The maximum absolute atomic E-state index is 12.9. The Morgan fingerprint density at radius 2 is 1.96 bits per heavy atom. The lowest BCUT2D eigenvalue weighted by Crippen LogP contribution is -2.40. The van der Waals surface area contributed by atoms with Gasteiger partial charge in [0.15, 0.2) is 15.6 Å². The molecule has 1 amide bonds. The SMILES string of the molecule is CCc1ccc(C(=O)N(Cc2ccccc2)[C@H]2CCS(=O)(=O)C2)o1. The molecule has 1 saturated heterocycles. The lowest BCUT2D eigenvalue weighted by molar-refractivity contribution is 0.0646. The van der Waals surface area contributed by atoms with Crippen molar-refractivity contribution in [2.45, 2.75) is 32.4 Å². The van der Waals surface area contributed by atoms with Gasteiger partial charge in [0.1, 0.15) is 5.76 Å². The first-order valence-corrected chi connectivity index (χ1v) is 9.94. The van der Waals surface area contributed by atoms with Crippen LogP contribution in [0.2, 0.25) is 0 Å². The summed E-state index contributed by atoms with van der Waals surface area (Å²) in [6.07, 6.45) is 1.19. The number of benzene rings is 1. The lowest BCUT2D eigenvalue weighted by Gasteiger charge is -2.27. The summed E-state index contributed by atoms with van der Waals surface area (Å²) in [6.45, 7) is 2.33. The second-order valence-electron chi connectivity index (χ2n) is 6.10. The summed E-state index contributed by atoms with van der Waals surface area (Å²) in [7, 11) is -3.07. The molecule has 0 aliphatic carbocycles. The van der Waals surface area contributed by atoms with Crippen LogP contribution in [0.25, 0.3) is 0 Å². The minimum Gasteiger partial charge on any atom is -0.456 e. The smallest absolute Gasteiger partial charge is 0.290 e.